The summed E-state index contributed by atoms with van der Waals surface area (Å²) in [7, 11) is 0. The Hall–Kier alpha value is -0.550. The number of amides is 1. The molecule has 1 N–H and O–H groups in total. The van der Waals surface area contributed by atoms with E-state index in [2.05, 4.69) is 21.2 Å². The van der Waals surface area contributed by atoms with E-state index in [0.29, 0.717) is 16.3 Å². The average molecular weight is 332 g/mol. The highest BCUT2D eigenvalue weighted by Gasteiger charge is 2.17. The van der Waals surface area contributed by atoms with Crippen molar-refractivity contribution in [2.75, 3.05) is 12.3 Å². The Balaban J connectivity index is 1.93. The van der Waals surface area contributed by atoms with Crippen molar-refractivity contribution >= 4 is 33.6 Å². The molecule has 0 saturated carbocycles. The highest BCUT2D eigenvalue weighted by Crippen LogP contribution is 2.24. The lowest BCUT2D eigenvalue weighted by Gasteiger charge is -2.21. The monoisotopic (exact) mass is 331 g/mol. The van der Waals surface area contributed by atoms with E-state index < -0.39 is 5.82 Å². The molecule has 2 nitrogen and oxygen atoms in total. The number of hydrogen-bond donors (Lipinski definition) is 1. The topological polar surface area (TPSA) is 29.1 Å². The van der Waals surface area contributed by atoms with Gasteiger partial charge in [0.1, 0.15) is 5.82 Å². The van der Waals surface area contributed by atoms with Crippen molar-refractivity contribution in [3.05, 3.63) is 34.1 Å². The first-order valence-corrected chi connectivity index (χ1v) is 7.86. The summed E-state index contributed by atoms with van der Waals surface area (Å²) in [6, 6.07) is 4.75. The second kappa shape index (κ2) is 6.57. The van der Waals surface area contributed by atoms with Crippen LogP contribution in [0.4, 0.5) is 4.39 Å². The molecule has 0 bridgehead atoms. The molecule has 18 heavy (non-hydrogen) atoms. The molecule has 1 unspecified atom stereocenters. The highest BCUT2D eigenvalue weighted by molar-refractivity contribution is 9.10. The number of thioether (sulfide) groups is 1. The Kier molecular flexibility index (Phi) is 5.06. The molecule has 1 aliphatic heterocycles. The normalized spacial score (nSPS) is 19.6. The number of halogens is 2. The van der Waals surface area contributed by atoms with Crippen LogP contribution in [0.3, 0.4) is 0 Å². The summed E-state index contributed by atoms with van der Waals surface area (Å²) in [4.78, 5) is 11.9. The van der Waals surface area contributed by atoms with Crippen LogP contribution in [0.15, 0.2) is 22.7 Å². The Morgan fingerprint density at radius 1 is 1.50 bits per heavy atom. The van der Waals surface area contributed by atoms with E-state index in [9.17, 15) is 9.18 Å². The van der Waals surface area contributed by atoms with Crippen LogP contribution < -0.4 is 5.32 Å². The second-order valence-corrected chi connectivity index (χ2v) is 6.56. The van der Waals surface area contributed by atoms with E-state index in [1.54, 1.807) is 12.1 Å². The number of carbonyl (C=O) groups excluding carboxylic acids is 1. The van der Waals surface area contributed by atoms with Gasteiger partial charge in [0.25, 0.3) is 5.91 Å². The summed E-state index contributed by atoms with van der Waals surface area (Å²) in [5.74, 6) is 0.331. The summed E-state index contributed by atoms with van der Waals surface area (Å²) in [5.41, 5.74) is 0.102. The number of nitrogens with one attached hydrogen (secondary N) is 1. The molecule has 0 aromatic heterocycles. The number of hydrogen-bond acceptors (Lipinski definition) is 2. The van der Waals surface area contributed by atoms with Gasteiger partial charge in [0.15, 0.2) is 0 Å². The molecule has 98 valence electrons. The zero-order valence-corrected chi connectivity index (χ0v) is 12.3. The fourth-order valence-electron chi connectivity index (χ4n) is 1.95. The molecule has 2 rings (SSSR count). The van der Waals surface area contributed by atoms with E-state index in [-0.39, 0.29) is 11.5 Å². The van der Waals surface area contributed by atoms with Gasteiger partial charge < -0.3 is 5.32 Å². The predicted octanol–water partition coefficient (Wildman–Crippen LogP) is 3.60. The van der Waals surface area contributed by atoms with Gasteiger partial charge in [-0.1, -0.05) is 12.5 Å². The van der Waals surface area contributed by atoms with Gasteiger partial charge in [-0.25, -0.2) is 4.39 Å². The quantitative estimate of drug-likeness (QED) is 0.916. The Morgan fingerprint density at radius 2 is 2.33 bits per heavy atom. The molecular formula is C13H15BrFNOS. The first-order valence-electron chi connectivity index (χ1n) is 6.02. The fourth-order valence-corrected chi connectivity index (χ4v) is 3.55. The summed E-state index contributed by atoms with van der Waals surface area (Å²) in [5, 5.41) is 3.29. The molecule has 0 spiro atoms. The van der Waals surface area contributed by atoms with Crippen LogP contribution in [-0.4, -0.2) is 23.5 Å². The number of carbonyl (C=O) groups is 1. The summed E-state index contributed by atoms with van der Waals surface area (Å²) in [6.45, 7) is 0.620. The molecule has 0 aliphatic carbocycles. The van der Waals surface area contributed by atoms with Crippen molar-refractivity contribution in [1.82, 2.24) is 5.32 Å². The Labute approximate surface area is 119 Å². The number of rotatable bonds is 3. The minimum atomic E-state index is -0.494. The van der Waals surface area contributed by atoms with Crippen LogP contribution >= 0.6 is 27.7 Å². The van der Waals surface area contributed by atoms with Gasteiger partial charge >= 0.3 is 0 Å². The smallest absolute Gasteiger partial charge is 0.254 e. The molecule has 1 amide bonds. The Bertz CT molecular complexity index is 435. The maximum Gasteiger partial charge on any atom is 0.254 e. The van der Waals surface area contributed by atoms with E-state index in [0.717, 1.165) is 12.2 Å². The van der Waals surface area contributed by atoms with Crippen LogP contribution in [0.25, 0.3) is 0 Å². The molecule has 1 saturated heterocycles. The van der Waals surface area contributed by atoms with Gasteiger partial charge in [-0.15, -0.1) is 0 Å². The van der Waals surface area contributed by atoms with Crippen LogP contribution in [0.2, 0.25) is 0 Å². The first kappa shape index (κ1) is 13.9. The van der Waals surface area contributed by atoms with Gasteiger partial charge in [-0.05, 0) is 46.7 Å². The Morgan fingerprint density at radius 3 is 3.06 bits per heavy atom. The van der Waals surface area contributed by atoms with E-state index in [4.69, 9.17) is 0 Å². The maximum absolute atomic E-state index is 13.7. The van der Waals surface area contributed by atoms with Crippen molar-refractivity contribution in [1.29, 1.82) is 0 Å². The molecule has 1 aliphatic rings. The lowest BCUT2D eigenvalue weighted by molar-refractivity contribution is 0.0949. The maximum atomic E-state index is 13.7. The average Bonchev–Trinajstić information content (AvgIpc) is 2.40. The van der Waals surface area contributed by atoms with Gasteiger partial charge in [-0.3, -0.25) is 4.79 Å². The summed E-state index contributed by atoms with van der Waals surface area (Å²) >= 11 is 4.97. The molecule has 5 heteroatoms. The standard InChI is InChI=1S/C13H15BrFNOS/c14-11-6-3-5-10(12(11)15)13(17)16-8-9-4-1-2-7-18-9/h3,5-6,9H,1-2,4,7-8H2,(H,16,17). The summed E-state index contributed by atoms with van der Waals surface area (Å²) < 4.78 is 14.0. The molecule has 1 aromatic rings. The van der Waals surface area contributed by atoms with Gasteiger partial charge in [0.05, 0.1) is 10.0 Å². The highest BCUT2D eigenvalue weighted by atomic mass is 79.9. The minimum Gasteiger partial charge on any atom is -0.351 e. The van der Waals surface area contributed by atoms with Crippen molar-refractivity contribution in [2.45, 2.75) is 24.5 Å². The van der Waals surface area contributed by atoms with E-state index >= 15 is 0 Å². The van der Waals surface area contributed by atoms with Gasteiger partial charge in [0, 0.05) is 11.8 Å². The van der Waals surface area contributed by atoms with E-state index in [1.807, 2.05) is 11.8 Å². The van der Waals surface area contributed by atoms with Crippen molar-refractivity contribution in [3.8, 4) is 0 Å². The minimum absolute atomic E-state index is 0.102. The van der Waals surface area contributed by atoms with Crippen LogP contribution in [0.1, 0.15) is 29.6 Å². The van der Waals surface area contributed by atoms with E-state index in [1.165, 1.54) is 18.9 Å². The van der Waals surface area contributed by atoms with Gasteiger partial charge in [-0.2, -0.15) is 11.8 Å². The van der Waals surface area contributed by atoms with Crippen LogP contribution in [-0.2, 0) is 0 Å². The van der Waals surface area contributed by atoms with Crippen LogP contribution in [0.5, 0.6) is 0 Å². The second-order valence-electron chi connectivity index (χ2n) is 4.30. The lowest BCUT2D eigenvalue weighted by atomic mass is 10.1. The SMILES string of the molecule is O=C(NCC1CCCCS1)c1cccc(Br)c1F. The van der Waals surface area contributed by atoms with Gasteiger partial charge in [0.2, 0.25) is 0 Å². The molecular weight excluding hydrogens is 317 g/mol. The predicted molar refractivity (Wildman–Crippen MR) is 76.5 cm³/mol. The molecule has 0 radical (unpaired) electrons. The zero-order valence-electron chi connectivity index (χ0n) is 9.92. The zero-order chi connectivity index (χ0) is 13.0. The first-order chi connectivity index (χ1) is 8.68. The fraction of sp³-hybridized carbons (Fsp3) is 0.462. The molecule has 1 aromatic carbocycles. The molecule has 1 fully saturated rings. The van der Waals surface area contributed by atoms with Crippen molar-refractivity contribution in [2.24, 2.45) is 0 Å². The largest absolute Gasteiger partial charge is 0.351 e. The van der Waals surface area contributed by atoms with Crippen molar-refractivity contribution in [3.63, 3.8) is 0 Å². The third-order valence-corrected chi connectivity index (χ3v) is 4.97. The third-order valence-electron chi connectivity index (χ3n) is 2.96. The number of benzene rings is 1. The van der Waals surface area contributed by atoms with Crippen molar-refractivity contribution < 1.29 is 9.18 Å². The lowest BCUT2D eigenvalue weighted by Crippen LogP contribution is -2.32. The molecule has 1 atom stereocenters. The molecule has 1 heterocycles. The van der Waals surface area contributed by atoms with Crippen LogP contribution in [0, 0.1) is 5.82 Å². The summed E-state index contributed by atoms with van der Waals surface area (Å²) in [6.07, 6.45) is 3.61. The third kappa shape index (κ3) is 3.48.